The molecule has 4 rings (SSSR count). The lowest BCUT2D eigenvalue weighted by atomic mass is 10.1. The number of nitrogens with zero attached hydrogens (tertiary/aromatic N) is 3. The number of piperazine rings is 1. The Balaban J connectivity index is 1.23. The Bertz CT molecular complexity index is 804. The highest BCUT2D eigenvalue weighted by Gasteiger charge is 2.23. The summed E-state index contributed by atoms with van der Waals surface area (Å²) in [6.07, 6.45) is 3.54. The first-order valence-electron chi connectivity index (χ1n) is 10.9. The van der Waals surface area contributed by atoms with Crippen molar-refractivity contribution < 1.29 is 19.3 Å². The van der Waals surface area contributed by atoms with Crippen LogP contribution in [-0.2, 0) is 22.6 Å². The van der Waals surface area contributed by atoms with Crippen molar-refractivity contribution in [3.8, 4) is 0 Å². The van der Waals surface area contributed by atoms with Crippen LogP contribution in [0.3, 0.4) is 0 Å². The highest BCUT2D eigenvalue weighted by molar-refractivity contribution is 5.76. The van der Waals surface area contributed by atoms with Gasteiger partial charge in [-0.25, -0.2) is 9.97 Å². The average molecular weight is 413 g/mol. The molecule has 0 atom stereocenters. The number of morpholine rings is 1. The molecule has 0 saturated carbocycles. The highest BCUT2D eigenvalue weighted by atomic mass is 16.5. The Morgan fingerprint density at radius 2 is 1.67 bits per heavy atom. The number of nitrogens with one attached hydrogen (secondary N) is 3. The van der Waals surface area contributed by atoms with Gasteiger partial charge in [0.25, 0.3) is 5.91 Å². The minimum absolute atomic E-state index is 0.114. The fourth-order valence-electron chi connectivity index (χ4n) is 4.15. The van der Waals surface area contributed by atoms with Gasteiger partial charge in [-0.2, -0.15) is 0 Å². The lowest BCUT2D eigenvalue weighted by Crippen LogP contribution is -3.16. The third-order valence-corrected chi connectivity index (χ3v) is 5.95. The second-order valence-corrected chi connectivity index (χ2v) is 8.05. The van der Waals surface area contributed by atoms with Crippen LogP contribution in [0, 0.1) is 0 Å². The van der Waals surface area contributed by atoms with Gasteiger partial charge in [-0.1, -0.05) is 24.3 Å². The lowest BCUT2D eigenvalue weighted by Gasteiger charge is -2.31. The molecule has 1 amide bonds. The molecule has 160 valence electrons. The topological polar surface area (TPSA) is 76.2 Å². The number of quaternary nitrogens is 2. The number of carbonyl (C=O) groups is 1. The van der Waals surface area contributed by atoms with Gasteiger partial charge >= 0.3 is 0 Å². The number of carbonyl (C=O) groups excluding carboxylic acids is 1. The molecular weight excluding hydrogens is 380 g/mol. The van der Waals surface area contributed by atoms with Gasteiger partial charge in [-0.3, -0.25) is 4.79 Å². The van der Waals surface area contributed by atoms with Crippen LogP contribution in [0.4, 0.5) is 5.95 Å². The zero-order chi connectivity index (χ0) is 20.6. The first kappa shape index (κ1) is 20.7. The van der Waals surface area contributed by atoms with Crippen LogP contribution >= 0.6 is 0 Å². The molecule has 0 spiro atoms. The predicted molar refractivity (Wildman–Crippen MR) is 113 cm³/mol. The molecule has 8 heteroatoms. The fraction of sp³-hybridized carbons (Fsp3) is 0.500. The van der Waals surface area contributed by atoms with E-state index >= 15 is 0 Å². The normalized spacial score (nSPS) is 18.3. The van der Waals surface area contributed by atoms with Gasteiger partial charge in [-0.15, -0.1) is 0 Å². The zero-order valence-electron chi connectivity index (χ0n) is 17.5. The van der Waals surface area contributed by atoms with Crippen LogP contribution in [0.2, 0.25) is 0 Å². The van der Waals surface area contributed by atoms with Crippen molar-refractivity contribution in [1.82, 2.24) is 15.3 Å². The van der Waals surface area contributed by atoms with Gasteiger partial charge in [0.05, 0.1) is 39.4 Å². The first-order chi connectivity index (χ1) is 14.8. The van der Waals surface area contributed by atoms with E-state index in [1.54, 1.807) is 17.3 Å². The standard InChI is InChI=1S/C22H30N6O2/c29-21(18-26-8-10-28(11-9-26)22-23-6-3-7-24-22)25-16-19-4-1-2-5-20(19)17-27-12-14-30-15-13-27/h1-7H,8-18H2,(H,25,29)/p+2. The van der Waals surface area contributed by atoms with Gasteiger partial charge in [0.2, 0.25) is 5.95 Å². The molecule has 2 fully saturated rings. The van der Waals surface area contributed by atoms with E-state index in [1.807, 2.05) is 6.07 Å². The molecule has 0 radical (unpaired) electrons. The predicted octanol–water partition coefficient (Wildman–Crippen LogP) is -2.09. The summed E-state index contributed by atoms with van der Waals surface area (Å²) in [6.45, 7) is 9.44. The molecule has 0 unspecified atom stereocenters. The zero-order valence-corrected chi connectivity index (χ0v) is 17.5. The van der Waals surface area contributed by atoms with Crippen molar-refractivity contribution >= 4 is 11.9 Å². The van der Waals surface area contributed by atoms with E-state index < -0.39 is 0 Å². The Labute approximate surface area is 177 Å². The second-order valence-electron chi connectivity index (χ2n) is 8.05. The highest BCUT2D eigenvalue weighted by Crippen LogP contribution is 2.07. The minimum Gasteiger partial charge on any atom is -0.370 e. The summed E-state index contributed by atoms with van der Waals surface area (Å²) in [5.74, 6) is 0.892. The van der Waals surface area contributed by atoms with E-state index in [-0.39, 0.29) is 5.91 Å². The Kier molecular flexibility index (Phi) is 7.23. The molecule has 3 heterocycles. The van der Waals surface area contributed by atoms with Crippen LogP contribution in [0.1, 0.15) is 11.1 Å². The summed E-state index contributed by atoms with van der Waals surface area (Å²) in [5.41, 5.74) is 2.53. The van der Waals surface area contributed by atoms with E-state index in [9.17, 15) is 4.79 Å². The molecule has 3 N–H and O–H groups in total. The molecule has 2 saturated heterocycles. The van der Waals surface area contributed by atoms with Crippen molar-refractivity contribution in [3.63, 3.8) is 0 Å². The van der Waals surface area contributed by atoms with Crippen molar-refractivity contribution in [2.75, 3.05) is 63.9 Å². The molecule has 8 nitrogen and oxygen atoms in total. The van der Waals surface area contributed by atoms with E-state index in [0.29, 0.717) is 13.1 Å². The Morgan fingerprint density at radius 3 is 2.40 bits per heavy atom. The van der Waals surface area contributed by atoms with E-state index in [0.717, 1.165) is 65.0 Å². The van der Waals surface area contributed by atoms with Crippen molar-refractivity contribution in [3.05, 3.63) is 53.9 Å². The van der Waals surface area contributed by atoms with Gasteiger partial charge in [0, 0.05) is 24.5 Å². The van der Waals surface area contributed by atoms with Crippen LogP contribution < -0.4 is 20.0 Å². The number of hydrogen-bond donors (Lipinski definition) is 3. The van der Waals surface area contributed by atoms with Crippen molar-refractivity contribution in [2.45, 2.75) is 13.1 Å². The van der Waals surface area contributed by atoms with Gasteiger partial charge in [0.15, 0.2) is 6.54 Å². The van der Waals surface area contributed by atoms with Gasteiger partial charge in [0.1, 0.15) is 19.6 Å². The molecule has 2 aromatic rings. The minimum atomic E-state index is 0.114. The van der Waals surface area contributed by atoms with Crippen LogP contribution in [0.5, 0.6) is 0 Å². The lowest BCUT2D eigenvalue weighted by molar-refractivity contribution is -0.921. The van der Waals surface area contributed by atoms with E-state index in [4.69, 9.17) is 4.74 Å². The number of amides is 1. The molecule has 2 aliphatic rings. The van der Waals surface area contributed by atoms with Gasteiger partial charge < -0.3 is 24.8 Å². The summed E-state index contributed by atoms with van der Waals surface area (Å²) in [7, 11) is 0. The Morgan fingerprint density at radius 1 is 0.967 bits per heavy atom. The number of rotatable bonds is 7. The van der Waals surface area contributed by atoms with Crippen molar-refractivity contribution in [2.24, 2.45) is 0 Å². The SMILES string of the molecule is O=C(C[NH+]1CCN(c2ncccn2)CC1)NCc1ccccc1C[NH+]1CCOCC1. The fourth-order valence-corrected chi connectivity index (χ4v) is 4.15. The summed E-state index contributed by atoms with van der Waals surface area (Å²) < 4.78 is 5.46. The van der Waals surface area contributed by atoms with Crippen LogP contribution in [0.25, 0.3) is 0 Å². The van der Waals surface area contributed by atoms with Gasteiger partial charge in [-0.05, 0) is 11.6 Å². The third kappa shape index (κ3) is 5.75. The third-order valence-electron chi connectivity index (χ3n) is 5.95. The largest absolute Gasteiger partial charge is 0.370 e. The van der Waals surface area contributed by atoms with Crippen LogP contribution in [-0.4, -0.2) is 74.9 Å². The van der Waals surface area contributed by atoms with Crippen molar-refractivity contribution in [1.29, 1.82) is 0 Å². The van der Waals surface area contributed by atoms with E-state index in [2.05, 4.69) is 44.5 Å². The number of ether oxygens (including phenoxy) is 1. The molecular formula is C22H32N6O2+2. The smallest absolute Gasteiger partial charge is 0.275 e. The number of benzene rings is 1. The number of anilines is 1. The average Bonchev–Trinajstić information content (AvgIpc) is 2.80. The summed E-state index contributed by atoms with van der Waals surface area (Å²) in [5, 5.41) is 3.13. The first-order valence-corrected chi connectivity index (χ1v) is 10.9. The molecule has 30 heavy (non-hydrogen) atoms. The summed E-state index contributed by atoms with van der Waals surface area (Å²) in [4.78, 5) is 26.2. The molecule has 0 aliphatic carbocycles. The summed E-state index contributed by atoms with van der Waals surface area (Å²) in [6, 6.07) is 10.3. The quantitative estimate of drug-likeness (QED) is 0.487. The maximum Gasteiger partial charge on any atom is 0.275 e. The Hall–Kier alpha value is -2.55. The molecule has 0 bridgehead atoms. The van der Waals surface area contributed by atoms with Crippen LogP contribution in [0.15, 0.2) is 42.7 Å². The maximum absolute atomic E-state index is 12.5. The molecule has 2 aliphatic heterocycles. The number of hydrogen-bond acceptors (Lipinski definition) is 5. The molecule has 1 aromatic heterocycles. The maximum atomic E-state index is 12.5. The number of aromatic nitrogens is 2. The monoisotopic (exact) mass is 412 g/mol. The molecule has 1 aromatic carbocycles. The summed E-state index contributed by atoms with van der Waals surface area (Å²) >= 11 is 0. The second kappa shape index (κ2) is 10.5. The van der Waals surface area contributed by atoms with E-state index in [1.165, 1.54) is 16.0 Å².